The van der Waals surface area contributed by atoms with Gasteiger partial charge in [0.15, 0.2) is 0 Å². The van der Waals surface area contributed by atoms with Gasteiger partial charge in [-0.3, -0.25) is 4.79 Å². The number of carbonyl (C=O) groups is 1. The molecule has 106 valence electrons. The van der Waals surface area contributed by atoms with Crippen molar-refractivity contribution in [2.75, 3.05) is 13.2 Å². The second-order valence-electron chi connectivity index (χ2n) is 4.50. The number of esters is 1. The van der Waals surface area contributed by atoms with Crippen molar-refractivity contribution in [2.45, 2.75) is 32.7 Å². The smallest absolute Gasteiger partial charge is 0.307 e. The Morgan fingerprint density at radius 2 is 1.84 bits per heavy atom. The van der Waals surface area contributed by atoms with Gasteiger partial charge in [0.2, 0.25) is 0 Å². The van der Waals surface area contributed by atoms with Gasteiger partial charge in [-0.1, -0.05) is 6.92 Å². The summed E-state index contributed by atoms with van der Waals surface area (Å²) < 4.78 is 31.5. The molecule has 0 saturated carbocycles. The second-order valence-corrected chi connectivity index (χ2v) is 4.50. The predicted octanol–water partition coefficient (Wildman–Crippen LogP) is 2.74. The highest BCUT2D eigenvalue weighted by atomic mass is 19.1. The third kappa shape index (κ3) is 4.28. The van der Waals surface area contributed by atoms with E-state index in [-0.39, 0.29) is 13.0 Å². The van der Waals surface area contributed by atoms with Gasteiger partial charge >= 0.3 is 5.97 Å². The van der Waals surface area contributed by atoms with E-state index < -0.39 is 23.1 Å². The van der Waals surface area contributed by atoms with Crippen molar-refractivity contribution in [2.24, 2.45) is 0 Å². The Kier molecular flexibility index (Phi) is 5.42. The molecule has 0 fully saturated rings. The third-order valence-corrected chi connectivity index (χ3v) is 2.87. The minimum Gasteiger partial charge on any atom is -0.466 e. The molecule has 0 saturated heterocycles. The zero-order chi connectivity index (χ0) is 14.5. The molecule has 1 aromatic rings. The molecule has 1 atom stereocenters. The first-order valence-corrected chi connectivity index (χ1v) is 6.28. The molecule has 1 aromatic carbocycles. The van der Waals surface area contributed by atoms with Crippen LogP contribution in [0, 0.1) is 11.6 Å². The first-order valence-electron chi connectivity index (χ1n) is 6.28. The van der Waals surface area contributed by atoms with Crippen LogP contribution in [-0.4, -0.2) is 19.1 Å². The quantitative estimate of drug-likeness (QED) is 0.808. The van der Waals surface area contributed by atoms with Gasteiger partial charge in [0, 0.05) is 6.07 Å². The standard InChI is InChI=1S/C14H19F2NO2/c1-4-17-14(3,9-13(18)19-5-2)10-6-11(15)8-12(16)7-10/h6-8,17H,4-5,9H2,1-3H3. The summed E-state index contributed by atoms with van der Waals surface area (Å²) in [5, 5.41) is 3.08. The van der Waals surface area contributed by atoms with Gasteiger partial charge in [-0.2, -0.15) is 0 Å². The molecule has 0 aliphatic rings. The molecule has 19 heavy (non-hydrogen) atoms. The average Bonchev–Trinajstić information content (AvgIpc) is 2.27. The van der Waals surface area contributed by atoms with Crippen LogP contribution in [0.2, 0.25) is 0 Å². The van der Waals surface area contributed by atoms with Gasteiger partial charge in [0.25, 0.3) is 0 Å². The summed E-state index contributed by atoms with van der Waals surface area (Å²) in [5.74, 6) is -1.73. The molecule has 0 aromatic heterocycles. The van der Waals surface area contributed by atoms with E-state index in [0.717, 1.165) is 6.07 Å². The van der Waals surface area contributed by atoms with Crippen LogP contribution in [0.3, 0.4) is 0 Å². The summed E-state index contributed by atoms with van der Waals surface area (Å²) in [6, 6.07) is 3.26. The fourth-order valence-electron chi connectivity index (χ4n) is 2.03. The summed E-state index contributed by atoms with van der Waals surface area (Å²) in [6.45, 7) is 6.14. The van der Waals surface area contributed by atoms with E-state index >= 15 is 0 Å². The Hall–Kier alpha value is -1.49. The minimum absolute atomic E-state index is 0.0115. The van der Waals surface area contributed by atoms with E-state index in [4.69, 9.17) is 4.74 Å². The van der Waals surface area contributed by atoms with Gasteiger partial charge in [-0.05, 0) is 38.1 Å². The summed E-state index contributed by atoms with van der Waals surface area (Å²) in [5.41, 5.74) is -0.468. The van der Waals surface area contributed by atoms with Gasteiger partial charge in [-0.15, -0.1) is 0 Å². The maximum Gasteiger partial charge on any atom is 0.307 e. The molecule has 0 amide bonds. The van der Waals surface area contributed by atoms with Crippen LogP contribution in [0.1, 0.15) is 32.8 Å². The number of halogens is 2. The third-order valence-electron chi connectivity index (χ3n) is 2.87. The highest BCUT2D eigenvalue weighted by molar-refractivity contribution is 5.71. The number of rotatable bonds is 6. The van der Waals surface area contributed by atoms with E-state index in [1.807, 2.05) is 6.92 Å². The Morgan fingerprint density at radius 3 is 2.32 bits per heavy atom. The molecular weight excluding hydrogens is 252 g/mol. The van der Waals surface area contributed by atoms with E-state index in [9.17, 15) is 13.6 Å². The van der Waals surface area contributed by atoms with Crippen molar-refractivity contribution in [3.05, 3.63) is 35.4 Å². The molecule has 1 rings (SSSR count). The lowest BCUT2D eigenvalue weighted by molar-refractivity contribution is -0.144. The van der Waals surface area contributed by atoms with Crippen molar-refractivity contribution in [3.63, 3.8) is 0 Å². The number of hydrogen-bond donors (Lipinski definition) is 1. The molecule has 0 aliphatic carbocycles. The molecule has 1 N–H and O–H groups in total. The monoisotopic (exact) mass is 271 g/mol. The van der Waals surface area contributed by atoms with Crippen LogP contribution >= 0.6 is 0 Å². The lowest BCUT2D eigenvalue weighted by atomic mass is 9.88. The molecule has 0 radical (unpaired) electrons. The maximum absolute atomic E-state index is 13.3. The van der Waals surface area contributed by atoms with Crippen LogP contribution in [0.4, 0.5) is 8.78 Å². The molecule has 0 spiro atoms. The molecule has 3 nitrogen and oxygen atoms in total. The van der Waals surface area contributed by atoms with Gasteiger partial charge in [-0.25, -0.2) is 8.78 Å². The molecule has 0 bridgehead atoms. The van der Waals surface area contributed by atoms with Crippen molar-refractivity contribution >= 4 is 5.97 Å². The maximum atomic E-state index is 13.3. The van der Waals surface area contributed by atoms with Gasteiger partial charge in [0.1, 0.15) is 11.6 Å². The van der Waals surface area contributed by atoms with E-state index in [1.165, 1.54) is 12.1 Å². The minimum atomic E-state index is -0.857. The molecule has 1 unspecified atom stereocenters. The van der Waals surface area contributed by atoms with Gasteiger partial charge < -0.3 is 10.1 Å². The largest absolute Gasteiger partial charge is 0.466 e. The molecular formula is C14H19F2NO2. The Bertz CT molecular complexity index is 431. The van der Waals surface area contributed by atoms with Crippen LogP contribution in [0.25, 0.3) is 0 Å². The number of benzene rings is 1. The van der Waals surface area contributed by atoms with Crippen molar-refractivity contribution in [1.82, 2.24) is 5.32 Å². The Morgan fingerprint density at radius 1 is 1.26 bits per heavy atom. The number of hydrogen-bond acceptors (Lipinski definition) is 3. The fraction of sp³-hybridized carbons (Fsp3) is 0.500. The van der Waals surface area contributed by atoms with Crippen LogP contribution in [-0.2, 0) is 15.1 Å². The lowest BCUT2D eigenvalue weighted by Gasteiger charge is -2.30. The normalized spacial score (nSPS) is 13.9. The highest BCUT2D eigenvalue weighted by Gasteiger charge is 2.30. The fourth-order valence-corrected chi connectivity index (χ4v) is 2.03. The van der Waals surface area contributed by atoms with E-state index in [0.29, 0.717) is 12.1 Å². The van der Waals surface area contributed by atoms with Crippen molar-refractivity contribution in [1.29, 1.82) is 0 Å². The summed E-state index contributed by atoms with van der Waals surface area (Å²) >= 11 is 0. The summed E-state index contributed by atoms with van der Waals surface area (Å²) in [7, 11) is 0. The Balaban J connectivity index is 3.06. The van der Waals surface area contributed by atoms with Crippen LogP contribution < -0.4 is 5.32 Å². The van der Waals surface area contributed by atoms with Crippen molar-refractivity contribution in [3.8, 4) is 0 Å². The summed E-state index contributed by atoms with van der Waals surface area (Å²) in [6.07, 6.45) is 0.0115. The summed E-state index contributed by atoms with van der Waals surface area (Å²) in [4.78, 5) is 11.6. The second kappa shape index (κ2) is 6.61. The van der Waals surface area contributed by atoms with E-state index in [1.54, 1.807) is 13.8 Å². The first kappa shape index (κ1) is 15.6. The SMILES string of the molecule is CCNC(C)(CC(=O)OCC)c1cc(F)cc(F)c1. The zero-order valence-corrected chi connectivity index (χ0v) is 11.4. The lowest BCUT2D eigenvalue weighted by Crippen LogP contribution is -2.42. The molecule has 5 heteroatoms. The van der Waals surface area contributed by atoms with Gasteiger partial charge in [0.05, 0.1) is 18.6 Å². The first-order chi connectivity index (χ1) is 8.91. The van der Waals surface area contributed by atoms with E-state index in [2.05, 4.69) is 5.32 Å². The highest BCUT2D eigenvalue weighted by Crippen LogP contribution is 2.26. The topological polar surface area (TPSA) is 38.3 Å². The predicted molar refractivity (Wildman–Crippen MR) is 68.6 cm³/mol. The van der Waals surface area contributed by atoms with Crippen LogP contribution in [0.5, 0.6) is 0 Å². The Labute approximate surface area is 112 Å². The zero-order valence-electron chi connectivity index (χ0n) is 11.4. The average molecular weight is 271 g/mol. The molecule has 0 aliphatic heterocycles. The van der Waals surface area contributed by atoms with Crippen molar-refractivity contribution < 1.29 is 18.3 Å². The molecule has 0 heterocycles. The number of carbonyl (C=O) groups excluding carboxylic acids is 1. The number of nitrogens with one attached hydrogen (secondary N) is 1. The number of ether oxygens (including phenoxy) is 1. The van der Waals surface area contributed by atoms with Crippen LogP contribution in [0.15, 0.2) is 18.2 Å².